The summed E-state index contributed by atoms with van der Waals surface area (Å²) in [7, 11) is 0. The summed E-state index contributed by atoms with van der Waals surface area (Å²) in [4.78, 5) is 8.90. The Hall–Kier alpha value is -1.56. The van der Waals surface area contributed by atoms with Crippen molar-refractivity contribution in [2.24, 2.45) is 5.92 Å². The van der Waals surface area contributed by atoms with Crippen molar-refractivity contribution in [3.8, 4) is 5.88 Å². The van der Waals surface area contributed by atoms with Crippen molar-refractivity contribution in [1.29, 1.82) is 0 Å². The molecule has 0 spiro atoms. The lowest BCUT2D eigenvalue weighted by molar-refractivity contribution is 0.147. The Morgan fingerprint density at radius 1 is 1.19 bits per heavy atom. The molecule has 1 rings (SSSR count). The molecule has 120 valence electrons. The van der Waals surface area contributed by atoms with Crippen LogP contribution in [-0.4, -0.2) is 36.3 Å². The van der Waals surface area contributed by atoms with E-state index in [9.17, 15) is 0 Å². The quantitative estimate of drug-likeness (QED) is 0.646. The van der Waals surface area contributed by atoms with E-state index in [1.807, 2.05) is 13.8 Å². The van der Waals surface area contributed by atoms with E-state index in [-0.39, 0.29) is 0 Å². The number of anilines is 2. The van der Waals surface area contributed by atoms with E-state index in [1.165, 1.54) is 0 Å². The van der Waals surface area contributed by atoms with Gasteiger partial charge in [-0.3, -0.25) is 0 Å². The Bertz CT molecular complexity index is 424. The first-order valence-corrected chi connectivity index (χ1v) is 7.69. The molecule has 0 aliphatic rings. The third-order valence-corrected chi connectivity index (χ3v) is 2.79. The molecule has 21 heavy (non-hydrogen) atoms. The maximum absolute atomic E-state index is 6.07. The minimum atomic E-state index is 0.468. The van der Waals surface area contributed by atoms with Gasteiger partial charge in [0.2, 0.25) is 5.88 Å². The molecule has 0 amide bonds. The second kappa shape index (κ2) is 9.39. The van der Waals surface area contributed by atoms with Crippen molar-refractivity contribution in [3.63, 3.8) is 0 Å². The SMILES string of the molecule is CCOCCCNc1nc(CC(C)C)nc(OCC)c1N. The number of rotatable bonds is 10. The van der Waals surface area contributed by atoms with Gasteiger partial charge in [0.05, 0.1) is 6.61 Å². The van der Waals surface area contributed by atoms with Crippen LogP contribution in [0.15, 0.2) is 0 Å². The van der Waals surface area contributed by atoms with Gasteiger partial charge in [-0.15, -0.1) is 0 Å². The van der Waals surface area contributed by atoms with E-state index in [0.717, 1.165) is 38.4 Å². The van der Waals surface area contributed by atoms with Gasteiger partial charge in [-0.25, -0.2) is 4.98 Å². The smallest absolute Gasteiger partial charge is 0.242 e. The normalized spacial score (nSPS) is 10.9. The summed E-state index contributed by atoms with van der Waals surface area (Å²) in [5, 5.41) is 3.25. The van der Waals surface area contributed by atoms with Crippen LogP contribution in [0.2, 0.25) is 0 Å². The highest BCUT2D eigenvalue weighted by molar-refractivity contribution is 5.66. The van der Waals surface area contributed by atoms with E-state index in [0.29, 0.717) is 29.9 Å². The zero-order chi connectivity index (χ0) is 15.7. The second-order valence-electron chi connectivity index (χ2n) is 5.22. The highest BCUT2D eigenvalue weighted by Crippen LogP contribution is 2.26. The van der Waals surface area contributed by atoms with Gasteiger partial charge in [0.15, 0.2) is 5.82 Å². The van der Waals surface area contributed by atoms with Crippen LogP contribution in [0.1, 0.15) is 39.9 Å². The summed E-state index contributed by atoms with van der Waals surface area (Å²) in [5.41, 5.74) is 6.54. The van der Waals surface area contributed by atoms with Crippen LogP contribution in [0.5, 0.6) is 5.88 Å². The standard InChI is InChI=1S/C15H28N4O2/c1-5-20-9-7-8-17-14-13(16)15(21-6-2)19-12(18-14)10-11(3)4/h11H,5-10,16H2,1-4H3,(H,17,18,19). The van der Waals surface area contributed by atoms with Crippen molar-refractivity contribution in [1.82, 2.24) is 9.97 Å². The molecule has 0 aliphatic carbocycles. The van der Waals surface area contributed by atoms with E-state index in [4.69, 9.17) is 15.2 Å². The van der Waals surface area contributed by atoms with Crippen LogP contribution in [0.4, 0.5) is 11.5 Å². The average molecular weight is 296 g/mol. The van der Waals surface area contributed by atoms with Gasteiger partial charge in [-0.2, -0.15) is 4.98 Å². The average Bonchev–Trinajstić information content (AvgIpc) is 2.42. The Morgan fingerprint density at radius 2 is 1.95 bits per heavy atom. The van der Waals surface area contributed by atoms with Crippen molar-refractivity contribution in [2.75, 3.05) is 37.4 Å². The van der Waals surface area contributed by atoms with E-state index in [1.54, 1.807) is 0 Å². The second-order valence-corrected chi connectivity index (χ2v) is 5.22. The molecular formula is C15H28N4O2. The Morgan fingerprint density at radius 3 is 2.57 bits per heavy atom. The van der Waals surface area contributed by atoms with Crippen molar-refractivity contribution in [3.05, 3.63) is 5.82 Å². The molecule has 0 aromatic carbocycles. The molecule has 0 bridgehead atoms. The first-order valence-electron chi connectivity index (χ1n) is 7.69. The molecule has 6 nitrogen and oxygen atoms in total. The summed E-state index contributed by atoms with van der Waals surface area (Å²) in [6.45, 7) is 10.9. The fourth-order valence-corrected chi connectivity index (χ4v) is 1.86. The number of nitrogens with two attached hydrogens (primary N) is 1. The van der Waals surface area contributed by atoms with Crippen LogP contribution in [-0.2, 0) is 11.2 Å². The number of nitrogens with one attached hydrogen (secondary N) is 1. The number of hydrogen-bond acceptors (Lipinski definition) is 6. The topological polar surface area (TPSA) is 82.3 Å². The molecule has 0 radical (unpaired) electrons. The van der Waals surface area contributed by atoms with Gasteiger partial charge in [0.1, 0.15) is 11.5 Å². The summed E-state index contributed by atoms with van der Waals surface area (Å²) >= 11 is 0. The molecule has 0 fully saturated rings. The number of hydrogen-bond donors (Lipinski definition) is 2. The zero-order valence-corrected chi connectivity index (χ0v) is 13.6. The molecule has 0 atom stereocenters. The third kappa shape index (κ3) is 6.16. The largest absolute Gasteiger partial charge is 0.476 e. The maximum atomic E-state index is 6.07. The highest BCUT2D eigenvalue weighted by atomic mass is 16.5. The molecule has 0 saturated carbocycles. The number of nitrogen functional groups attached to an aromatic ring is 1. The van der Waals surface area contributed by atoms with Crippen molar-refractivity contribution < 1.29 is 9.47 Å². The van der Waals surface area contributed by atoms with E-state index in [2.05, 4.69) is 29.1 Å². The fourth-order valence-electron chi connectivity index (χ4n) is 1.86. The molecule has 1 heterocycles. The third-order valence-electron chi connectivity index (χ3n) is 2.79. The molecule has 6 heteroatoms. The summed E-state index contributed by atoms with van der Waals surface area (Å²) in [6.07, 6.45) is 1.70. The van der Waals surface area contributed by atoms with E-state index >= 15 is 0 Å². The lowest BCUT2D eigenvalue weighted by atomic mass is 10.1. The molecule has 0 aliphatic heterocycles. The van der Waals surface area contributed by atoms with Gasteiger partial charge in [-0.05, 0) is 26.2 Å². The summed E-state index contributed by atoms with van der Waals surface area (Å²) in [5.74, 6) is 2.36. The van der Waals surface area contributed by atoms with Crippen LogP contribution in [0.25, 0.3) is 0 Å². The van der Waals surface area contributed by atoms with Gasteiger partial charge in [0, 0.05) is 26.2 Å². The molecule has 1 aromatic rings. The minimum Gasteiger partial charge on any atom is -0.476 e. The predicted molar refractivity (Wildman–Crippen MR) is 85.8 cm³/mol. The molecule has 0 unspecified atom stereocenters. The van der Waals surface area contributed by atoms with Crippen LogP contribution in [0.3, 0.4) is 0 Å². The lowest BCUT2D eigenvalue weighted by Gasteiger charge is -2.14. The molecule has 0 saturated heterocycles. The minimum absolute atomic E-state index is 0.468. The van der Waals surface area contributed by atoms with Crippen molar-refractivity contribution >= 4 is 11.5 Å². The predicted octanol–water partition coefficient (Wildman–Crippen LogP) is 2.49. The van der Waals surface area contributed by atoms with E-state index < -0.39 is 0 Å². The summed E-state index contributed by atoms with van der Waals surface area (Å²) < 4.78 is 10.8. The van der Waals surface area contributed by atoms with Crippen LogP contribution >= 0.6 is 0 Å². The van der Waals surface area contributed by atoms with Crippen LogP contribution < -0.4 is 15.8 Å². The summed E-state index contributed by atoms with van der Waals surface area (Å²) in [6, 6.07) is 0. The Kier molecular flexibility index (Phi) is 7.82. The zero-order valence-electron chi connectivity index (χ0n) is 13.6. The number of ether oxygens (including phenoxy) is 2. The maximum Gasteiger partial charge on any atom is 0.242 e. The van der Waals surface area contributed by atoms with Gasteiger partial charge < -0.3 is 20.5 Å². The Balaban J connectivity index is 2.76. The first-order chi connectivity index (χ1) is 10.1. The van der Waals surface area contributed by atoms with Crippen molar-refractivity contribution in [2.45, 2.75) is 40.5 Å². The molecular weight excluding hydrogens is 268 g/mol. The van der Waals surface area contributed by atoms with Gasteiger partial charge in [0.25, 0.3) is 0 Å². The number of nitrogens with zero attached hydrogens (tertiary/aromatic N) is 2. The monoisotopic (exact) mass is 296 g/mol. The fraction of sp³-hybridized carbons (Fsp3) is 0.733. The van der Waals surface area contributed by atoms with Crippen LogP contribution in [0, 0.1) is 5.92 Å². The van der Waals surface area contributed by atoms with Gasteiger partial charge >= 0.3 is 0 Å². The number of aromatic nitrogens is 2. The molecule has 1 aromatic heterocycles. The highest BCUT2D eigenvalue weighted by Gasteiger charge is 2.13. The van der Waals surface area contributed by atoms with Gasteiger partial charge in [-0.1, -0.05) is 13.8 Å². The lowest BCUT2D eigenvalue weighted by Crippen LogP contribution is -2.13. The molecule has 3 N–H and O–H groups in total. The Labute approximate surface area is 127 Å². The first kappa shape index (κ1) is 17.5.